The molecule has 0 amide bonds. The third kappa shape index (κ3) is 2.67. The Labute approximate surface area is 80.8 Å². The highest BCUT2D eigenvalue weighted by Crippen LogP contribution is 2.24. The zero-order chi connectivity index (χ0) is 10.1. The van der Waals surface area contributed by atoms with Gasteiger partial charge in [0.1, 0.15) is 5.82 Å². The van der Waals surface area contributed by atoms with Gasteiger partial charge in [-0.05, 0) is 24.6 Å². The molecule has 0 aromatic heterocycles. The van der Waals surface area contributed by atoms with Gasteiger partial charge in [0.15, 0.2) is 0 Å². The van der Waals surface area contributed by atoms with Crippen LogP contribution in [0.2, 0.25) is 0 Å². The van der Waals surface area contributed by atoms with Gasteiger partial charge in [-0.2, -0.15) is 0 Å². The van der Waals surface area contributed by atoms with E-state index in [-0.39, 0.29) is 0 Å². The molecule has 0 radical (unpaired) electrons. The first kappa shape index (κ1) is 10.5. The summed E-state index contributed by atoms with van der Waals surface area (Å²) in [5.41, 5.74) is 0.356. The maximum atomic E-state index is 12.7. The molecule has 1 unspecified atom stereocenters. The molecule has 0 aliphatic rings. The highest BCUT2D eigenvalue weighted by atomic mass is 35.7. The molecule has 72 valence electrons. The zero-order valence-corrected chi connectivity index (χ0v) is 8.44. The van der Waals surface area contributed by atoms with Crippen molar-refractivity contribution in [1.82, 2.24) is 0 Å². The second kappa shape index (κ2) is 3.64. The number of benzene rings is 1. The van der Waals surface area contributed by atoms with E-state index < -0.39 is 20.1 Å². The van der Waals surface area contributed by atoms with Gasteiger partial charge in [-0.3, -0.25) is 0 Å². The van der Waals surface area contributed by atoms with E-state index in [4.69, 9.17) is 10.7 Å². The minimum absolute atomic E-state index is 0.356. The van der Waals surface area contributed by atoms with Gasteiger partial charge >= 0.3 is 0 Å². The van der Waals surface area contributed by atoms with E-state index in [1.54, 1.807) is 0 Å². The maximum absolute atomic E-state index is 12.7. The Hall–Kier alpha value is -0.610. The lowest BCUT2D eigenvalue weighted by atomic mass is 10.2. The van der Waals surface area contributed by atoms with Crippen molar-refractivity contribution in [2.45, 2.75) is 12.2 Å². The molecule has 1 aromatic rings. The molecule has 0 aliphatic heterocycles. The Balaban J connectivity index is 3.10. The van der Waals surface area contributed by atoms with Crippen LogP contribution in [0.15, 0.2) is 24.3 Å². The fourth-order valence-corrected chi connectivity index (χ4v) is 1.70. The van der Waals surface area contributed by atoms with E-state index in [1.807, 2.05) is 0 Å². The molecule has 0 saturated carbocycles. The van der Waals surface area contributed by atoms with Crippen molar-refractivity contribution in [3.05, 3.63) is 35.6 Å². The molecule has 0 bridgehead atoms. The SMILES string of the molecule is CC(c1cccc(F)c1)S(=O)(=O)Cl. The molecule has 0 N–H and O–H groups in total. The average Bonchev–Trinajstić information content (AvgIpc) is 2.01. The van der Waals surface area contributed by atoms with E-state index in [9.17, 15) is 12.8 Å². The summed E-state index contributed by atoms with van der Waals surface area (Å²) in [6.07, 6.45) is 0. The van der Waals surface area contributed by atoms with E-state index in [2.05, 4.69) is 0 Å². The third-order valence-electron chi connectivity index (χ3n) is 1.74. The van der Waals surface area contributed by atoms with Gasteiger partial charge in [0.05, 0.1) is 5.25 Å². The third-order valence-corrected chi connectivity index (χ3v) is 3.66. The summed E-state index contributed by atoms with van der Waals surface area (Å²) in [7, 11) is 1.45. The summed E-state index contributed by atoms with van der Waals surface area (Å²) in [4.78, 5) is 0. The van der Waals surface area contributed by atoms with Crippen LogP contribution in [0.4, 0.5) is 4.39 Å². The van der Waals surface area contributed by atoms with E-state index in [0.29, 0.717) is 5.56 Å². The fourth-order valence-electron chi connectivity index (χ4n) is 0.922. The quantitative estimate of drug-likeness (QED) is 0.721. The van der Waals surface area contributed by atoms with Crippen LogP contribution in [-0.2, 0) is 9.05 Å². The molecule has 2 nitrogen and oxygen atoms in total. The number of halogens is 2. The number of hydrogen-bond donors (Lipinski definition) is 0. The predicted molar refractivity (Wildman–Crippen MR) is 49.6 cm³/mol. The summed E-state index contributed by atoms with van der Waals surface area (Å²) in [5, 5.41) is -0.884. The Morgan fingerprint density at radius 3 is 2.54 bits per heavy atom. The largest absolute Gasteiger partial charge is 0.239 e. The first-order valence-corrected chi connectivity index (χ1v) is 5.97. The smallest absolute Gasteiger partial charge is 0.212 e. The topological polar surface area (TPSA) is 34.1 Å². The molecule has 1 aromatic carbocycles. The van der Waals surface area contributed by atoms with Crippen LogP contribution >= 0.6 is 10.7 Å². The van der Waals surface area contributed by atoms with Crippen LogP contribution in [0, 0.1) is 5.82 Å². The summed E-state index contributed by atoms with van der Waals surface area (Å²) < 4.78 is 34.4. The second-order valence-electron chi connectivity index (χ2n) is 2.67. The van der Waals surface area contributed by atoms with Crippen LogP contribution in [0.1, 0.15) is 17.7 Å². The fraction of sp³-hybridized carbons (Fsp3) is 0.250. The van der Waals surface area contributed by atoms with Crippen molar-refractivity contribution in [3.8, 4) is 0 Å². The van der Waals surface area contributed by atoms with Crippen molar-refractivity contribution in [2.75, 3.05) is 0 Å². The molecule has 1 rings (SSSR count). The van der Waals surface area contributed by atoms with Crippen molar-refractivity contribution in [3.63, 3.8) is 0 Å². The molecule has 13 heavy (non-hydrogen) atoms. The summed E-state index contributed by atoms with van der Waals surface area (Å²) in [6.45, 7) is 1.41. The van der Waals surface area contributed by atoms with Gasteiger partial charge in [0, 0.05) is 10.7 Å². The van der Waals surface area contributed by atoms with Crippen molar-refractivity contribution in [2.24, 2.45) is 0 Å². The van der Waals surface area contributed by atoms with Crippen LogP contribution < -0.4 is 0 Å². The van der Waals surface area contributed by atoms with Crippen LogP contribution in [-0.4, -0.2) is 8.42 Å². The first-order chi connectivity index (χ1) is 5.91. The normalized spacial score (nSPS) is 14.1. The van der Waals surface area contributed by atoms with Crippen LogP contribution in [0.3, 0.4) is 0 Å². The standard InChI is InChI=1S/C8H8ClFO2S/c1-6(13(9,11)12)7-3-2-4-8(10)5-7/h2-6H,1H3. The summed E-state index contributed by atoms with van der Waals surface area (Å²) >= 11 is 0. The molecule has 0 spiro atoms. The van der Waals surface area contributed by atoms with E-state index >= 15 is 0 Å². The minimum atomic E-state index is -3.67. The predicted octanol–water partition coefficient (Wildman–Crippen LogP) is 2.46. The molecular formula is C8H8ClFO2S. The van der Waals surface area contributed by atoms with Gasteiger partial charge in [-0.25, -0.2) is 12.8 Å². The number of rotatable bonds is 2. The molecule has 0 saturated heterocycles. The minimum Gasteiger partial charge on any atom is -0.212 e. The Morgan fingerprint density at radius 1 is 1.46 bits per heavy atom. The van der Waals surface area contributed by atoms with Crippen molar-refractivity contribution >= 4 is 19.7 Å². The average molecular weight is 223 g/mol. The maximum Gasteiger partial charge on any atom is 0.239 e. The van der Waals surface area contributed by atoms with E-state index in [0.717, 1.165) is 6.07 Å². The van der Waals surface area contributed by atoms with Gasteiger partial charge in [0.2, 0.25) is 9.05 Å². The highest BCUT2D eigenvalue weighted by molar-refractivity contribution is 8.13. The molecule has 0 heterocycles. The molecule has 0 fully saturated rings. The molecule has 1 atom stereocenters. The lowest BCUT2D eigenvalue weighted by molar-refractivity contribution is 0.599. The Kier molecular flexibility index (Phi) is 2.93. The van der Waals surface area contributed by atoms with Gasteiger partial charge in [0.25, 0.3) is 0 Å². The molecule has 5 heteroatoms. The zero-order valence-electron chi connectivity index (χ0n) is 6.87. The van der Waals surface area contributed by atoms with Gasteiger partial charge < -0.3 is 0 Å². The van der Waals surface area contributed by atoms with Crippen LogP contribution in [0.5, 0.6) is 0 Å². The first-order valence-electron chi connectivity index (χ1n) is 3.60. The molecular weight excluding hydrogens is 215 g/mol. The summed E-state index contributed by atoms with van der Waals surface area (Å²) in [5.74, 6) is -0.468. The Bertz CT molecular complexity index is 402. The van der Waals surface area contributed by atoms with E-state index in [1.165, 1.54) is 25.1 Å². The molecule has 0 aliphatic carbocycles. The monoisotopic (exact) mass is 222 g/mol. The lowest BCUT2D eigenvalue weighted by Crippen LogP contribution is -2.02. The van der Waals surface area contributed by atoms with Crippen LogP contribution in [0.25, 0.3) is 0 Å². The van der Waals surface area contributed by atoms with Gasteiger partial charge in [-0.1, -0.05) is 12.1 Å². The van der Waals surface area contributed by atoms with Crippen molar-refractivity contribution in [1.29, 1.82) is 0 Å². The lowest BCUT2D eigenvalue weighted by Gasteiger charge is -2.06. The number of hydrogen-bond acceptors (Lipinski definition) is 2. The highest BCUT2D eigenvalue weighted by Gasteiger charge is 2.19. The van der Waals surface area contributed by atoms with Gasteiger partial charge in [-0.15, -0.1) is 0 Å². The Morgan fingerprint density at radius 2 is 2.08 bits per heavy atom. The second-order valence-corrected chi connectivity index (χ2v) is 5.62. The van der Waals surface area contributed by atoms with Crippen molar-refractivity contribution < 1.29 is 12.8 Å². The summed E-state index contributed by atoms with van der Waals surface area (Å²) in [6, 6.07) is 5.37.